The molecule has 2 aliphatic carbocycles. The van der Waals surface area contributed by atoms with Gasteiger partial charge in [0.2, 0.25) is 0 Å². The maximum absolute atomic E-state index is 6.59. The van der Waals surface area contributed by atoms with Crippen molar-refractivity contribution in [1.82, 2.24) is 0 Å². The minimum absolute atomic E-state index is 0.450. The van der Waals surface area contributed by atoms with E-state index in [1.807, 2.05) is 0 Å². The van der Waals surface area contributed by atoms with Gasteiger partial charge in [-0.3, -0.25) is 0 Å². The number of hydrogen-bond donors (Lipinski definition) is 0. The number of ether oxygens (including phenoxy) is 1. The average molecular weight is 816 g/mol. The molecule has 2 heteroatoms. The molecule has 0 unspecified atom stereocenters. The van der Waals surface area contributed by atoms with Crippen LogP contribution in [0.3, 0.4) is 0 Å². The van der Waals surface area contributed by atoms with Crippen molar-refractivity contribution in [2.45, 2.75) is 10.8 Å². The third-order valence-corrected chi connectivity index (χ3v) is 14.0. The summed E-state index contributed by atoms with van der Waals surface area (Å²) in [5, 5.41) is 0. The number of benzene rings is 10. The highest BCUT2D eigenvalue weighted by Crippen LogP contribution is 2.63. The molecule has 10 aromatic carbocycles. The molecule has 0 aromatic heterocycles. The minimum atomic E-state index is -0.509. The van der Waals surface area contributed by atoms with Gasteiger partial charge >= 0.3 is 0 Å². The number of fused-ring (bicyclic) bond motifs is 12. The molecule has 0 N–H and O–H groups in total. The van der Waals surface area contributed by atoms with E-state index in [0.717, 1.165) is 28.6 Å². The monoisotopic (exact) mass is 815 g/mol. The van der Waals surface area contributed by atoms with E-state index in [2.05, 4.69) is 254 Å². The maximum atomic E-state index is 6.59. The van der Waals surface area contributed by atoms with Gasteiger partial charge in [0, 0.05) is 28.2 Å². The van der Waals surface area contributed by atoms with Crippen molar-refractivity contribution < 1.29 is 4.74 Å². The number of anilines is 3. The second kappa shape index (κ2) is 14.2. The van der Waals surface area contributed by atoms with Gasteiger partial charge < -0.3 is 9.64 Å². The highest BCUT2D eigenvalue weighted by atomic mass is 16.5. The van der Waals surface area contributed by atoms with Crippen LogP contribution < -0.4 is 9.64 Å². The number of para-hydroxylation sites is 3. The van der Waals surface area contributed by atoms with Crippen LogP contribution in [-0.4, -0.2) is 0 Å². The van der Waals surface area contributed by atoms with Crippen LogP contribution >= 0.6 is 0 Å². The van der Waals surface area contributed by atoms with Crippen LogP contribution in [0.15, 0.2) is 249 Å². The van der Waals surface area contributed by atoms with Gasteiger partial charge in [-0.15, -0.1) is 0 Å². The second-order valence-electron chi connectivity index (χ2n) is 17.1. The van der Waals surface area contributed by atoms with Gasteiger partial charge in [0.15, 0.2) is 0 Å². The SMILES string of the molecule is c1ccc(N(c2ccc(-c3ccc4c(c3)C(c3ccccc3)(c3ccccc3)c3ccccc3-4)cc2)c2ccc3c(c2)-c2ccccc2C32c3ccccc3Oc3ccccc32)cc1. The molecule has 1 heterocycles. The first-order valence-corrected chi connectivity index (χ1v) is 22.2. The van der Waals surface area contributed by atoms with E-state index in [4.69, 9.17) is 4.74 Å². The zero-order valence-electron chi connectivity index (χ0n) is 35.0. The highest BCUT2D eigenvalue weighted by molar-refractivity contribution is 5.92. The Morgan fingerprint density at radius 2 is 0.703 bits per heavy atom. The van der Waals surface area contributed by atoms with Crippen molar-refractivity contribution in [3.8, 4) is 44.9 Å². The van der Waals surface area contributed by atoms with E-state index in [1.54, 1.807) is 0 Å². The fourth-order valence-electron chi connectivity index (χ4n) is 11.4. The molecule has 10 aromatic rings. The molecule has 0 bridgehead atoms. The molecular weight excluding hydrogens is 775 g/mol. The summed E-state index contributed by atoms with van der Waals surface area (Å²) in [7, 11) is 0. The van der Waals surface area contributed by atoms with Gasteiger partial charge in [-0.25, -0.2) is 0 Å². The zero-order valence-corrected chi connectivity index (χ0v) is 35.0. The van der Waals surface area contributed by atoms with Crippen LogP contribution in [0.25, 0.3) is 33.4 Å². The average Bonchev–Trinajstić information content (AvgIpc) is 3.83. The van der Waals surface area contributed by atoms with Crippen LogP contribution in [0.5, 0.6) is 11.5 Å². The molecular formula is C62H41NO. The zero-order chi connectivity index (χ0) is 42.2. The molecule has 300 valence electrons. The van der Waals surface area contributed by atoms with Crippen molar-refractivity contribution in [3.05, 3.63) is 293 Å². The van der Waals surface area contributed by atoms with Crippen molar-refractivity contribution in [1.29, 1.82) is 0 Å². The molecule has 1 spiro atoms. The summed E-state index contributed by atoms with van der Waals surface area (Å²) >= 11 is 0. The van der Waals surface area contributed by atoms with Crippen LogP contribution in [0.4, 0.5) is 17.1 Å². The summed E-state index contributed by atoms with van der Waals surface area (Å²) in [4.78, 5) is 2.39. The Hall–Kier alpha value is -8.20. The number of hydrogen-bond acceptors (Lipinski definition) is 2. The first kappa shape index (κ1) is 36.5. The van der Waals surface area contributed by atoms with Crippen molar-refractivity contribution in [2.75, 3.05) is 4.90 Å². The van der Waals surface area contributed by atoms with Crippen molar-refractivity contribution >= 4 is 17.1 Å². The fourth-order valence-corrected chi connectivity index (χ4v) is 11.4. The third kappa shape index (κ3) is 5.08. The van der Waals surface area contributed by atoms with E-state index in [-0.39, 0.29) is 0 Å². The van der Waals surface area contributed by atoms with Gasteiger partial charge in [0.05, 0.1) is 10.8 Å². The van der Waals surface area contributed by atoms with E-state index in [1.165, 1.54) is 77.9 Å². The Kier molecular flexibility index (Phi) is 8.07. The largest absolute Gasteiger partial charge is 0.457 e. The lowest BCUT2D eigenvalue weighted by Gasteiger charge is -2.39. The van der Waals surface area contributed by atoms with Gasteiger partial charge in [-0.2, -0.15) is 0 Å². The van der Waals surface area contributed by atoms with Crippen molar-refractivity contribution in [3.63, 3.8) is 0 Å². The fraction of sp³-hybridized carbons (Fsp3) is 0.0323. The highest BCUT2D eigenvalue weighted by Gasteiger charge is 2.51. The van der Waals surface area contributed by atoms with Crippen LogP contribution in [0.2, 0.25) is 0 Å². The molecule has 0 atom stereocenters. The van der Waals surface area contributed by atoms with E-state index < -0.39 is 10.8 Å². The normalized spacial score (nSPS) is 14.0. The Balaban J connectivity index is 0.948. The first-order valence-electron chi connectivity index (χ1n) is 22.2. The summed E-state index contributed by atoms with van der Waals surface area (Å²) < 4.78 is 6.59. The second-order valence-corrected chi connectivity index (χ2v) is 17.1. The maximum Gasteiger partial charge on any atom is 0.132 e. The summed E-state index contributed by atoms with van der Waals surface area (Å²) in [5.41, 5.74) is 19.8. The van der Waals surface area contributed by atoms with E-state index >= 15 is 0 Å². The van der Waals surface area contributed by atoms with E-state index in [0.29, 0.717) is 0 Å². The van der Waals surface area contributed by atoms with Gasteiger partial charge in [0.1, 0.15) is 11.5 Å². The summed E-state index contributed by atoms with van der Waals surface area (Å²) in [6, 6.07) is 91.1. The quantitative estimate of drug-likeness (QED) is 0.166. The van der Waals surface area contributed by atoms with E-state index in [9.17, 15) is 0 Å². The Morgan fingerprint density at radius 3 is 1.33 bits per heavy atom. The molecule has 0 saturated carbocycles. The van der Waals surface area contributed by atoms with Crippen LogP contribution in [0.1, 0.15) is 44.5 Å². The molecule has 0 radical (unpaired) electrons. The molecule has 3 aliphatic rings. The predicted molar refractivity (Wildman–Crippen MR) is 261 cm³/mol. The van der Waals surface area contributed by atoms with Gasteiger partial charge in [-0.05, 0) is 121 Å². The number of nitrogens with zero attached hydrogens (tertiary/aromatic N) is 1. The summed E-state index contributed by atoms with van der Waals surface area (Å²) in [5.74, 6) is 1.80. The summed E-state index contributed by atoms with van der Waals surface area (Å²) in [6.07, 6.45) is 0. The van der Waals surface area contributed by atoms with Crippen molar-refractivity contribution in [2.24, 2.45) is 0 Å². The van der Waals surface area contributed by atoms with Crippen LogP contribution in [-0.2, 0) is 10.8 Å². The standard InChI is InChI=1S/C62H41NO/c1-4-18-44(19-5-1)61(45-20-6-2-7-21-45)53-26-12-10-24-49(53)51-38-34-43(40-58(51)61)42-32-35-47(36-33-42)63(46-22-8-3-9-23-46)48-37-39-55-52(41-48)50-25-11-13-27-54(50)62(55)56-28-14-16-30-59(56)64-60-31-17-15-29-57(60)62/h1-41H. The topological polar surface area (TPSA) is 12.5 Å². The lowest BCUT2D eigenvalue weighted by Crippen LogP contribution is -2.32. The van der Waals surface area contributed by atoms with Gasteiger partial charge in [-0.1, -0.05) is 194 Å². The Bertz CT molecular complexity index is 3320. The Morgan fingerprint density at radius 1 is 0.266 bits per heavy atom. The third-order valence-electron chi connectivity index (χ3n) is 14.0. The lowest BCUT2D eigenvalue weighted by atomic mass is 9.66. The first-order chi connectivity index (χ1) is 31.7. The minimum Gasteiger partial charge on any atom is -0.457 e. The number of rotatable bonds is 6. The smallest absolute Gasteiger partial charge is 0.132 e. The summed E-state index contributed by atoms with van der Waals surface area (Å²) in [6.45, 7) is 0. The molecule has 2 nitrogen and oxygen atoms in total. The molecule has 0 saturated heterocycles. The molecule has 64 heavy (non-hydrogen) atoms. The molecule has 1 aliphatic heterocycles. The lowest BCUT2D eigenvalue weighted by molar-refractivity contribution is 0.436. The van der Waals surface area contributed by atoms with Gasteiger partial charge in [0.25, 0.3) is 0 Å². The predicted octanol–water partition coefficient (Wildman–Crippen LogP) is 15.7. The molecule has 0 fully saturated rings. The molecule has 13 rings (SSSR count). The van der Waals surface area contributed by atoms with Crippen LogP contribution in [0, 0.1) is 0 Å². The Labute approximate surface area is 374 Å². The molecule has 0 amide bonds.